The van der Waals surface area contributed by atoms with Gasteiger partial charge in [0.2, 0.25) is 0 Å². The highest BCUT2D eigenvalue weighted by atomic mass is 32.2. The number of rotatable bonds is 4. The van der Waals surface area contributed by atoms with Crippen LogP contribution in [0.5, 0.6) is 0 Å². The zero-order valence-electron chi connectivity index (χ0n) is 9.29. The van der Waals surface area contributed by atoms with Gasteiger partial charge in [-0.05, 0) is 42.9 Å². The second-order valence-corrected chi connectivity index (χ2v) is 6.47. The molecule has 1 aromatic rings. The zero-order valence-corrected chi connectivity index (χ0v) is 10.9. The molecule has 0 atom stereocenters. The first kappa shape index (κ1) is 11.5. The first-order chi connectivity index (χ1) is 7.38. The molecule has 0 saturated carbocycles. The predicted molar refractivity (Wildman–Crippen MR) is 70.9 cm³/mol. The minimum Gasteiger partial charge on any atom is -0.309 e. The van der Waals surface area contributed by atoms with Crippen LogP contribution in [-0.2, 0) is 13.0 Å². The monoisotopic (exact) mass is 241 g/mol. The highest BCUT2D eigenvalue weighted by molar-refractivity contribution is 7.99. The third-order valence-corrected chi connectivity index (χ3v) is 5.13. The molecule has 0 aliphatic carbocycles. The Kier molecular flexibility index (Phi) is 4.54. The van der Waals surface area contributed by atoms with Crippen LogP contribution < -0.4 is 5.32 Å². The fourth-order valence-electron chi connectivity index (χ4n) is 1.85. The summed E-state index contributed by atoms with van der Waals surface area (Å²) in [6.45, 7) is 3.29. The lowest BCUT2D eigenvalue weighted by molar-refractivity contribution is 0.484. The number of hydrogen-bond acceptors (Lipinski definition) is 3. The van der Waals surface area contributed by atoms with Gasteiger partial charge in [-0.3, -0.25) is 0 Å². The van der Waals surface area contributed by atoms with Gasteiger partial charge in [-0.2, -0.15) is 11.8 Å². The summed E-state index contributed by atoms with van der Waals surface area (Å²) in [5.41, 5.74) is 0. The van der Waals surface area contributed by atoms with Crippen molar-refractivity contribution in [3.05, 3.63) is 21.9 Å². The van der Waals surface area contributed by atoms with E-state index in [2.05, 4.69) is 36.1 Å². The van der Waals surface area contributed by atoms with E-state index in [9.17, 15) is 0 Å². The third kappa shape index (κ3) is 3.51. The van der Waals surface area contributed by atoms with E-state index >= 15 is 0 Å². The summed E-state index contributed by atoms with van der Waals surface area (Å²) in [6.07, 6.45) is 3.86. The lowest BCUT2D eigenvalue weighted by atomic mass is 10.1. The molecule has 1 fully saturated rings. The number of thiophene rings is 1. The molecule has 0 amide bonds. The first-order valence-electron chi connectivity index (χ1n) is 5.77. The zero-order chi connectivity index (χ0) is 10.5. The molecule has 0 aromatic carbocycles. The Labute approximate surface area is 101 Å². The molecule has 1 aliphatic rings. The fraction of sp³-hybridized carbons (Fsp3) is 0.667. The van der Waals surface area contributed by atoms with Gasteiger partial charge in [-0.1, -0.05) is 6.92 Å². The molecule has 2 heterocycles. The quantitative estimate of drug-likeness (QED) is 0.868. The Bertz CT molecular complexity index is 290. The number of thioether (sulfide) groups is 1. The smallest absolute Gasteiger partial charge is 0.0302 e. The molecule has 0 spiro atoms. The summed E-state index contributed by atoms with van der Waals surface area (Å²) in [4.78, 5) is 3.00. The van der Waals surface area contributed by atoms with Gasteiger partial charge in [0.25, 0.3) is 0 Å². The van der Waals surface area contributed by atoms with Gasteiger partial charge in [-0.25, -0.2) is 0 Å². The fourth-order valence-corrected chi connectivity index (χ4v) is 3.87. The van der Waals surface area contributed by atoms with E-state index in [-0.39, 0.29) is 0 Å². The van der Waals surface area contributed by atoms with Crippen molar-refractivity contribution in [2.24, 2.45) is 0 Å². The van der Waals surface area contributed by atoms with E-state index in [1.807, 2.05) is 11.3 Å². The van der Waals surface area contributed by atoms with Crippen LogP contribution in [0.4, 0.5) is 0 Å². The molecule has 0 radical (unpaired) electrons. The van der Waals surface area contributed by atoms with Gasteiger partial charge in [0.15, 0.2) is 0 Å². The largest absolute Gasteiger partial charge is 0.309 e. The summed E-state index contributed by atoms with van der Waals surface area (Å²) in [5, 5.41) is 3.67. The maximum absolute atomic E-state index is 3.67. The van der Waals surface area contributed by atoms with Gasteiger partial charge >= 0.3 is 0 Å². The lowest BCUT2D eigenvalue weighted by Gasteiger charge is -2.22. The molecular formula is C12H19NS2. The Hall–Kier alpha value is 0.01000. The molecule has 0 bridgehead atoms. The van der Waals surface area contributed by atoms with Crippen LogP contribution in [0.3, 0.4) is 0 Å². The standard InChI is InChI=1S/C12H19NS2/c1-2-11-3-4-12(15-11)9-13-10-5-7-14-8-6-10/h3-4,10,13H,2,5-9H2,1H3. The molecule has 1 aliphatic heterocycles. The molecule has 1 saturated heterocycles. The van der Waals surface area contributed by atoms with Gasteiger partial charge in [0.1, 0.15) is 0 Å². The lowest BCUT2D eigenvalue weighted by Crippen LogP contribution is -2.31. The molecule has 1 aromatic heterocycles. The van der Waals surface area contributed by atoms with E-state index in [0.717, 1.165) is 12.6 Å². The summed E-state index contributed by atoms with van der Waals surface area (Å²) < 4.78 is 0. The molecular weight excluding hydrogens is 222 g/mol. The maximum atomic E-state index is 3.67. The van der Waals surface area contributed by atoms with Crippen molar-refractivity contribution in [3.63, 3.8) is 0 Å². The van der Waals surface area contributed by atoms with Gasteiger partial charge in [-0.15, -0.1) is 11.3 Å². The second kappa shape index (κ2) is 5.92. The minimum atomic E-state index is 0.762. The van der Waals surface area contributed by atoms with Crippen LogP contribution in [0.15, 0.2) is 12.1 Å². The van der Waals surface area contributed by atoms with Crippen LogP contribution >= 0.6 is 23.1 Å². The van der Waals surface area contributed by atoms with E-state index in [0.29, 0.717) is 0 Å². The molecule has 2 rings (SSSR count). The van der Waals surface area contributed by atoms with Crippen LogP contribution in [0.2, 0.25) is 0 Å². The molecule has 15 heavy (non-hydrogen) atoms. The minimum absolute atomic E-state index is 0.762. The third-order valence-electron chi connectivity index (χ3n) is 2.85. The van der Waals surface area contributed by atoms with Crippen molar-refractivity contribution in [1.82, 2.24) is 5.32 Å². The van der Waals surface area contributed by atoms with Crippen LogP contribution in [0.25, 0.3) is 0 Å². The average molecular weight is 241 g/mol. The number of nitrogens with one attached hydrogen (secondary N) is 1. The van der Waals surface area contributed by atoms with E-state index in [1.165, 1.54) is 40.5 Å². The van der Waals surface area contributed by atoms with E-state index < -0.39 is 0 Å². The number of hydrogen-bond donors (Lipinski definition) is 1. The normalized spacial score (nSPS) is 18.2. The summed E-state index contributed by atoms with van der Waals surface area (Å²) in [5.74, 6) is 2.67. The highest BCUT2D eigenvalue weighted by Crippen LogP contribution is 2.19. The van der Waals surface area contributed by atoms with Crippen molar-refractivity contribution in [2.45, 2.75) is 38.8 Å². The molecule has 1 nitrogen and oxygen atoms in total. The van der Waals surface area contributed by atoms with Crippen molar-refractivity contribution < 1.29 is 0 Å². The highest BCUT2D eigenvalue weighted by Gasteiger charge is 2.12. The number of aryl methyl sites for hydroxylation is 1. The Morgan fingerprint density at radius 3 is 2.67 bits per heavy atom. The molecule has 3 heteroatoms. The Morgan fingerprint density at radius 1 is 1.27 bits per heavy atom. The average Bonchev–Trinajstić information content (AvgIpc) is 2.76. The first-order valence-corrected chi connectivity index (χ1v) is 7.74. The SMILES string of the molecule is CCc1ccc(CNC2CCSCC2)s1. The maximum Gasteiger partial charge on any atom is 0.0302 e. The summed E-state index contributed by atoms with van der Waals surface area (Å²) in [7, 11) is 0. The van der Waals surface area contributed by atoms with Crippen LogP contribution in [-0.4, -0.2) is 17.5 Å². The van der Waals surface area contributed by atoms with Crippen molar-refractivity contribution >= 4 is 23.1 Å². The summed E-state index contributed by atoms with van der Waals surface area (Å²) in [6, 6.07) is 5.30. The summed E-state index contributed by atoms with van der Waals surface area (Å²) >= 11 is 4.04. The van der Waals surface area contributed by atoms with E-state index in [4.69, 9.17) is 0 Å². The molecule has 84 valence electrons. The van der Waals surface area contributed by atoms with Crippen LogP contribution in [0, 0.1) is 0 Å². The molecule has 0 unspecified atom stereocenters. The predicted octanol–water partition coefficient (Wildman–Crippen LogP) is 3.30. The second-order valence-electron chi connectivity index (χ2n) is 3.99. The Balaban J connectivity index is 1.76. The van der Waals surface area contributed by atoms with Gasteiger partial charge in [0, 0.05) is 22.3 Å². The van der Waals surface area contributed by atoms with Crippen molar-refractivity contribution in [3.8, 4) is 0 Å². The van der Waals surface area contributed by atoms with E-state index in [1.54, 1.807) is 0 Å². The van der Waals surface area contributed by atoms with Gasteiger partial charge in [0.05, 0.1) is 0 Å². The van der Waals surface area contributed by atoms with Crippen molar-refractivity contribution in [2.75, 3.05) is 11.5 Å². The topological polar surface area (TPSA) is 12.0 Å². The molecule has 1 N–H and O–H groups in total. The Morgan fingerprint density at radius 2 is 2.00 bits per heavy atom. The van der Waals surface area contributed by atoms with Crippen molar-refractivity contribution in [1.29, 1.82) is 0 Å². The van der Waals surface area contributed by atoms with Gasteiger partial charge < -0.3 is 5.32 Å². The van der Waals surface area contributed by atoms with Crippen LogP contribution in [0.1, 0.15) is 29.5 Å².